The van der Waals surface area contributed by atoms with Gasteiger partial charge in [-0.05, 0) is 54.9 Å². The molecule has 3 aromatic carbocycles. The second kappa shape index (κ2) is 7.95. The molecule has 2 nitrogen and oxygen atoms in total. The third-order valence-corrected chi connectivity index (χ3v) is 4.44. The van der Waals surface area contributed by atoms with Crippen molar-refractivity contribution in [1.29, 1.82) is 0 Å². The molecule has 0 amide bonds. The number of thiocarbonyl (C=S) groups is 1. The second-order valence-electron chi connectivity index (χ2n) is 6.16. The number of hydrogen-bond acceptors (Lipinski definition) is 1. The lowest BCUT2D eigenvalue weighted by Crippen LogP contribution is -2.33. The van der Waals surface area contributed by atoms with Crippen molar-refractivity contribution in [3.05, 3.63) is 101 Å². The Morgan fingerprint density at radius 2 is 1.44 bits per heavy atom. The molecule has 0 fully saturated rings. The molecule has 0 saturated heterocycles. The molecule has 0 unspecified atom stereocenters. The van der Waals surface area contributed by atoms with E-state index in [1.54, 1.807) is 0 Å². The minimum absolute atomic E-state index is 0.00727. The summed E-state index contributed by atoms with van der Waals surface area (Å²) in [6.45, 7) is 4.20. The molecule has 0 aliphatic rings. The Hall–Kier alpha value is -2.65. The van der Waals surface area contributed by atoms with Crippen LogP contribution in [0.1, 0.15) is 28.3 Å². The standard InChI is InChI=1S/C22H22N2S/c1-16-12-14-19(15-13-16)23-22(25)24-21(18-9-4-3-5-10-18)20-11-7-6-8-17(20)2/h3-15,21H,1-2H3,(H2,23,24,25)/t21-/m1/s1. The Morgan fingerprint density at radius 1 is 0.800 bits per heavy atom. The highest BCUT2D eigenvalue weighted by atomic mass is 32.1. The molecule has 126 valence electrons. The Kier molecular flexibility index (Phi) is 5.46. The lowest BCUT2D eigenvalue weighted by atomic mass is 9.95. The monoisotopic (exact) mass is 346 g/mol. The van der Waals surface area contributed by atoms with Gasteiger partial charge >= 0.3 is 0 Å². The maximum atomic E-state index is 5.57. The summed E-state index contributed by atoms with van der Waals surface area (Å²) in [6.07, 6.45) is 0. The summed E-state index contributed by atoms with van der Waals surface area (Å²) in [5, 5.41) is 7.36. The van der Waals surface area contributed by atoms with Crippen LogP contribution < -0.4 is 10.6 Å². The van der Waals surface area contributed by atoms with Crippen LogP contribution >= 0.6 is 12.2 Å². The summed E-state index contributed by atoms with van der Waals surface area (Å²) < 4.78 is 0. The van der Waals surface area contributed by atoms with Gasteiger partial charge < -0.3 is 10.6 Å². The van der Waals surface area contributed by atoms with Gasteiger partial charge in [-0.1, -0.05) is 72.3 Å². The summed E-state index contributed by atoms with van der Waals surface area (Å²) in [6, 6.07) is 27.0. The maximum Gasteiger partial charge on any atom is 0.171 e. The van der Waals surface area contributed by atoms with E-state index in [1.165, 1.54) is 22.3 Å². The van der Waals surface area contributed by atoms with Crippen LogP contribution in [0.4, 0.5) is 5.69 Å². The first-order valence-electron chi connectivity index (χ1n) is 8.38. The first kappa shape index (κ1) is 17.2. The van der Waals surface area contributed by atoms with Gasteiger partial charge in [-0.15, -0.1) is 0 Å². The fourth-order valence-electron chi connectivity index (χ4n) is 2.83. The van der Waals surface area contributed by atoms with Crippen LogP contribution in [0.3, 0.4) is 0 Å². The van der Waals surface area contributed by atoms with E-state index < -0.39 is 0 Å². The minimum Gasteiger partial charge on any atom is -0.352 e. The molecule has 0 saturated carbocycles. The van der Waals surface area contributed by atoms with E-state index in [2.05, 4.69) is 85.1 Å². The maximum absolute atomic E-state index is 5.57. The van der Waals surface area contributed by atoms with E-state index in [4.69, 9.17) is 12.2 Å². The summed E-state index contributed by atoms with van der Waals surface area (Å²) in [7, 11) is 0. The van der Waals surface area contributed by atoms with E-state index in [-0.39, 0.29) is 6.04 Å². The van der Waals surface area contributed by atoms with E-state index in [0.29, 0.717) is 5.11 Å². The highest BCUT2D eigenvalue weighted by Gasteiger charge is 2.16. The Morgan fingerprint density at radius 3 is 2.12 bits per heavy atom. The average Bonchev–Trinajstić information content (AvgIpc) is 2.63. The molecule has 1 atom stereocenters. The lowest BCUT2D eigenvalue weighted by molar-refractivity contribution is 0.762. The van der Waals surface area contributed by atoms with Crippen molar-refractivity contribution in [2.45, 2.75) is 19.9 Å². The zero-order valence-corrected chi connectivity index (χ0v) is 15.3. The number of rotatable bonds is 4. The molecule has 3 aromatic rings. The van der Waals surface area contributed by atoms with Crippen LogP contribution in [0.25, 0.3) is 0 Å². The molecular weight excluding hydrogens is 324 g/mol. The van der Waals surface area contributed by atoms with E-state index in [0.717, 1.165) is 5.69 Å². The third-order valence-electron chi connectivity index (χ3n) is 4.22. The van der Waals surface area contributed by atoms with E-state index in [1.807, 2.05) is 18.2 Å². The molecule has 0 aromatic heterocycles. The molecule has 0 heterocycles. The Labute approximate surface area is 154 Å². The summed E-state index contributed by atoms with van der Waals surface area (Å²) in [5.41, 5.74) is 5.86. The van der Waals surface area contributed by atoms with Gasteiger partial charge in [0.05, 0.1) is 6.04 Å². The predicted molar refractivity (Wildman–Crippen MR) is 110 cm³/mol. The van der Waals surface area contributed by atoms with Crippen LogP contribution in [0, 0.1) is 13.8 Å². The largest absolute Gasteiger partial charge is 0.352 e. The summed E-state index contributed by atoms with van der Waals surface area (Å²) in [4.78, 5) is 0. The molecule has 0 spiro atoms. The van der Waals surface area contributed by atoms with E-state index in [9.17, 15) is 0 Å². The quantitative estimate of drug-likeness (QED) is 0.620. The Balaban J connectivity index is 1.84. The molecule has 0 aliphatic heterocycles. The number of aryl methyl sites for hydroxylation is 2. The molecular formula is C22H22N2S. The van der Waals surface area contributed by atoms with Crippen LogP contribution in [0.2, 0.25) is 0 Å². The topological polar surface area (TPSA) is 24.1 Å². The van der Waals surface area contributed by atoms with Gasteiger partial charge in [0, 0.05) is 5.69 Å². The first-order chi connectivity index (χ1) is 12.1. The molecule has 2 N–H and O–H groups in total. The number of hydrogen-bond donors (Lipinski definition) is 2. The van der Waals surface area contributed by atoms with Gasteiger partial charge in [0.25, 0.3) is 0 Å². The minimum atomic E-state index is 0.00727. The van der Waals surface area contributed by atoms with Crippen molar-refractivity contribution >= 4 is 23.0 Å². The lowest BCUT2D eigenvalue weighted by Gasteiger charge is -2.23. The predicted octanol–water partition coefficient (Wildman–Crippen LogP) is 5.38. The van der Waals surface area contributed by atoms with Crippen LogP contribution in [0.15, 0.2) is 78.9 Å². The molecule has 3 heteroatoms. The normalized spacial score (nSPS) is 11.6. The van der Waals surface area contributed by atoms with Gasteiger partial charge in [-0.25, -0.2) is 0 Å². The third kappa shape index (κ3) is 4.46. The zero-order valence-electron chi connectivity index (χ0n) is 14.5. The molecule has 3 rings (SSSR count). The average molecular weight is 346 g/mol. The van der Waals surface area contributed by atoms with Crippen LogP contribution in [-0.2, 0) is 0 Å². The van der Waals surface area contributed by atoms with Crippen molar-refractivity contribution in [2.75, 3.05) is 5.32 Å². The first-order valence-corrected chi connectivity index (χ1v) is 8.79. The van der Waals surface area contributed by atoms with Crippen LogP contribution in [-0.4, -0.2) is 5.11 Å². The van der Waals surface area contributed by atoms with Gasteiger partial charge in [0.2, 0.25) is 0 Å². The number of anilines is 1. The van der Waals surface area contributed by atoms with Gasteiger partial charge in [-0.3, -0.25) is 0 Å². The van der Waals surface area contributed by atoms with E-state index >= 15 is 0 Å². The SMILES string of the molecule is Cc1ccc(NC(=S)N[C@H](c2ccccc2)c2ccccc2C)cc1. The van der Waals surface area contributed by atoms with Crippen molar-refractivity contribution in [3.63, 3.8) is 0 Å². The van der Waals surface area contributed by atoms with Crippen molar-refractivity contribution < 1.29 is 0 Å². The van der Waals surface area contributed by atoms with Gasteiger partial charge in [0.1, 0.15) is 0 Å². The molecule has 0 aliphatic carbocycles. The highest BCUT2D eigenvalue weighted by Crippen LogP contribution is 2.25. The fraction of sp³-hybridized carbons (Fsp3) is 0.136. The van der Waals surface area contributed by atoms with Crippen molar-refractivity contribution in [3.8, 4) is 0 Å². The highest BCUT2D eigenvalue weighted by molar-refractivity contribution is 7.80. The molecule has 0 radical (unpaired) electrons. The smallest absolute Gasteiger partial charge is 0.171 e. The number of nitrogens with one attached hydrogen (secondary N) is 2. The molecule has 0 bridgehead atoms. The van der Waals surface area contributed by atoms with Gasteiger partial charge in [-0.2, -0.15) is 0 Å². The second-order valence-corrected chi connectivity index (χ2v) is 6.57. The van der Waals surface area contributed by atoms with Crippen molar-refractivity contribution in [1.82, 2.24) is 5.32 Å². The number of benzene rings is 3. The summed E-state index contributed by atoms with van der Waals surface area (Å²) >= 11 is 5.57. The zero-order chi connectivity index (χ0) is 17.6. The molecule has 25 heavy (non-hydrogen) atoms. The van der Waals surface area contributed by atoms with Gasteiger partial charge in [0.15, 0.2) is 5.11 Å². The summed E-state index contributed by atoms with van der Waals surface area (Å²) in [5.74, 6) is 0. The Bertz CT molecular complexity index is 841. The fourth-order valence-corrected chi connectivity index (χ4v) is 3.07. The van der Waals surface area contributed by atoms with Crippen LogP contribution in [0.5, 0.6) is 0 Å². The van der Waals surface area contributed by atoms with Crippen molar-refractivity contribution in [2.24, 2.45) is 0 Å².